The molecule has 0 aromatic carbocycles. The molecule has 0 aromatic rings. The standard InChI is InChI=1S/C9H20N2.C6H13N/c10-7-9(11)6-8-4-2-1-3-5-8;7-6-4-2-1-3-5-6/h8-9H,1-7,10-11H2;6H,1-5,7H2. The van der Waals surface area contributed by atoms with Gasteiger partial charge in [0.2, 0.25) is 0 Å². The molecule has 108 valence electrons. The first-order valence-corrected chi connectivity index (χ1v) is 7.93. The van der Waals surface area contributed by atoms with Crippen molar-refractivity contribution in [2.45, 2.75) is 82.7 Å². The fourth-order valence-electron chi connectivity index (χ4n) is 3.08. The highest BCUT2D eigenvalue weighted by molar-refractivity contribution is 4.72. The summed E-state index contributed by atoms with van der Waals surface area (Å²) in [6, 6.07) is 0.784. The predicted octanol–water partition coefficient (Wildman–Crippen LogP) is 2.52. The maximum Gasteiger partial charge on any atom is 0.0165 e. The molecule has 0 amide bonds. The average Bonchev–Trinajstić information content (AvgIpc) is 2.41. The van der Waals surface area contributed by atoms with Crippen molar-refractivity contribution in [2.75, 3.05) is 6.54 Å². The summed E-state index contributed by atoms with van der Waals surface area (Å²) in [5.74, 6) is 0.877. The van der Waals surface area contributed by atoms with E-state index in [4.69, 9.17) is 17.2 Å². The van der Waals surface area contributed by atoms with E-state index in [-0.39, 0.29) is 6.04 Å². The van der Waals surface area contributed by atoms with Crippen LogP contribution in [0.5, 0.6) is 0 Å². The van der Waals surface area contributed by atoms with Gasteiger partial charge in [-0.15, -0.1) is 0 Å². The van der Waals surface area contributed by atoms with E-state index in [2.05, 4.69) is 0 Å². The molecule has 2 aliphatic carbocycles. The van der Waals surface area contributed by atoms with E-state index >= 15 is 0 Å². The SMILES string of the molecule is NC1CCCCC1.NCC(N)CC1CCCCC1. The van der Waals surface area contributed by atoms with Gasteiger partial charge in [-0.05, 0) is 25.2 Å². The van der Waals surface area contributed by atoms with Gasteiger partial charge >= 0.3 is 0 Å². The van der Waals surface area contributed by atoms with Crippen LogP contribution < -0.4 is 17.2 Å². The predicted molar refractivity (Wildman–Crippen MR) is 79.3 cm³/mol. The zero-order chi connectivity index (χ0) is 13.2. The lowest BCUT2D eigenvalue weighted by molar-refractivity contribution is 0.319. The molecular formula is C15H33N3. The Hall–Kier alpha value is -0.120. The van der Waals surface area contributed by atoms with Crippen molar-refractivity contribution in [3.05, 3.63) is 0 Å². The monoisotopic (exact) mass is 255 g/mol. The lowest BCUT2D eigenvalue weighted by atomic mass is 9.85. The lowest BCUT2D eigenvalue weighted by Crippen LogP contribution is -2.32. The first kappa shape index (κ1) is 15.9. The number of nitrogens with two attached hydrogens (primary N) is 3. The molecule has 0 saturated heterocycles. The van der Waals surface area contributed by atoms with Crippen LogP contribution in [0.25, 0.3) is 0 Å². The average molecular weight is 255 g/mol. The van der Waals surface area contributed by atoms with E-state index in [0.717, 1.165) is 12.3 Å². The van der Waals surface area contributed by atoms with Crippen LogP contribution in [0.2, 0.25) is 0 Å². The third kappa shape index (κ3) is 7.34. The van der Waals surface area contributed by atoms with Crippen molar-refractivity contribution >= 4 is 0 Å². The highest BCUT2D eigenvalue weighted by atomic mass is 14.7. The Labute approximate surface area is 113 Å². The maximum atomic E-state index is 5.78. The normalized spacial score (nSPS) is 24.2. The van der Waals surface area contributed by atoms with Gasteiger partial charge in [-0.1, -0.05) is 51.4 Å². The number of hydrogen-bond donors (Lipinski definition) is 3. The summed E-state index contributed by atoms with van der Waals surface area (Å²) in [7, 11) is 0. The Balaban J connectivity index is 0.000000199. The summed E-state index contributed by atoms with van der Waals surface area (Å²) in [5, 5.41) is 0. The molecular weight excluding hydrogens is 222 g/mol. The lowest BCUT2D eigenvalue weighted by Gasteiger charge is -2.23. The van der Waals surface area contributed by atoms with Gasteiger partial charge in [0.25, 0.3) is 0 Å². The van der Waals surface area contributed by atoms with E-state index in [0.29, 0.717) is 12.6 Å². The van der Waals surface area contributed by atoms with Crippen LogP contribution in [0.4, 0.5) is 0 Å². The number of hydrogen-bond acceptors (Lipinski definition) is 3. The molecule has 6 N–H and O–H groups in total. The molecule has 0 spiro atoms. The molecule has 2 saturated carbocycles. The van der Waals surface area contributed by atoms with Crippen molar-refractivity contribution in [3.8, 4) is 0 Å². The summed E-state index contributed by atoms with van der Waals surface area (Å²) in [5.41, 5.74) is 16.9. The molecule has 18 heavy (non-hydrogen) atoms. The van der Waals surface area contributed by atoms with E-state index in [9.17, 15) is 0 Å². The van der Waals surface area contributed by atoms with Gasteiger partial charge in [-0.25, -0.2) is 0 Å². The molecule has 3 heteroatoms. The smallest absolute Gasteiger partial charge is 0.0165 e. The molecule has 0 radical (unpaired) electrons. The summed E-state index contributed by atoms with van der Waals surface area (Å²) in [6.45, 7) is 0.649. The summed E-state index contributed by atoms with van der Waals surface area (Å²) in [6.07, 6.45) is 14.8. The molecule has 0 aliphatic heterocycles. The summed E-state index contributed by atoms with van der Waals surface area (Å²) >= 11 is 0. The number of rotatable bonds is 3. The third-order valence-corrected chi connectivity index (χ3v) is 4.31. The van der Waals surface area contributed by atoms with Gasteiger partial charge in [0.15, 0.2) is 0 Å². The summed E-state index contributed by atoms with van der Waals surface area (Å²) in [4.78, 5) is 0. The quantitative estimate of drug-likeness (QED) is 0.725. The molecule has 0 heterocycles. The minimum Gasteiger partial charge on any atom is -0.329 e. The van der Waals surface area contributed by atoms with Crippen LogP contribution in [0.15, 0.2) is 0 Å². The first-order chi connectivity index (χ1) is 8.72. The van der Waals surface area contributed by atoms with Crippen molar-refractivity contribution in [3.63, 3.8) is 0 Å². The second kappa shape index (κ2) is 9.76. The molecule has 2 aliphatic rings. The molecule has 1 atom stereocenters. The van der Waals surface area contributed by atoms with Gasteiger partial charge in [-0.3, -0.25) is 0 Å². The second-order valence-corrected chi connectivity index (χ2v) is 6.13. The van der Waals surface area contributed by atoms with Crippen molar-refractivity contribution in [2.24, 2.45) is 23.1 Å². The van der Waals surface area contributed by atoms with E-state index in [1.165, 1.54) is 64.2 Å². The topological polar surface area (TPSA) is 78.1 Å². The van der Waals surface area contributed by atoms with Gasteiger partial charge in [0.1, 0.15) is 0 Å². The largest absolute Gasteiger partial charge is 0.329 e. The minimum absolute atomic E-state index is 0.248. The van der Waals surface area contributed by atoms with Crippen LogP contribution in [-0.2, 0) is 0 Å². The Morgan fingerprint density at radius 2 is 1.33 bits per heavy atom. The summed E-state index contributed by atoms with van der Waals surface area (Å²) < 4.78 is 0. The molecule has 1 unspecified atom stereocenters. The van der Waals surface area contributed by atoms with Crippen molar-refractivity contribution in [1.29, 1.82) is 0 Å². The van der Waals surface area contributed by atoms with Gasteiger partial charge < -0.3 is 17.2 Å². The Morgan fingerprint density at radius 3 is 1.72 bits per heavy atom. The first-order valence-electron chi connectivity index (χ1n) is 7.93. The maximum absolute atomic E-state index is 5.78. The molecule has 2 fully saturated rings. The third-order valence-electron chi connectivity index (χ3n) is 4.31. The molecule has 0 bridgehead atoms. The van der Waals surface area contributed by atoms with Crippen molar-refractivity contribution < 1.29 is 0 Å². The zero-order valence-corrected chi connectivity index (χ0v) is 11.9. The second-order valence-electron chi connectivity index (χ2n) is 6.13. The molecule has 2 rings (SSSR count). The van der Waals surface area contributed by atoms with Crippen LogP contribution in [0.1, 0.15) is 70.6 Å². The highest BCUT2D eigenvalue weighted by Gasteiger charge is 2.15. The van der Waals surface area contributed by atoms with Crippen LogP contribution in [0, 0.1) is 5.92 Å². The van der Waals surface area contributed by atoms with E-state index < -0.39 is 0 Å². The van der Waals surface area contributed by atoms with Gasteiger partial charge in [0, 0.05) is 18.6 Å². The molecule has 3 nitrogen and oxygen atoms in total. The van der Waals surface area contributed by atoms with Crippen molar-refractivity contribution in [1.82, 2.24) is 0 Å². The zero-order valence-electron chi connectivity index (χ0n) is 11.9. The van der Waals surface area contributed by atoms with Crippen LogP contribution in [0.3, 0.4) is 0 Å². The van der Waals surface area contributed by atoms with Crippen LogP contribution >= 0.6 is 0 Å². The van der Waals surface area contributed by atoms with E-state index in [1.54, 1.807) is 0 Å². The van der Waals surface area contributed by atoms with Gasteiger partial charge in [0.05, 0.1) is 0 Å². The fraction of sp³-hybridized carbons (Fsp3) is 1.00. The highest BCUT2D eigenvalue weighted by Crippen LogP contribution is 2.26. The molecule has 0 aromatic heterocycles. The van der Waals surface area contributed by atoms with Gasteiger partial charge in [-0.2, -0.15) is 0 Å². The Morgan fingerprint density at radius 1 is 0.833 bits per heavy atom. The van der Waals surface area contributed by atoms with E-state index in [1.807, 2.05) is 0 Å². The fourth-order valence-corrected chi connectivity index (χ4v) is 3.08. The minimum atomic E-state index is 0.248. The Bertz CT molecular complexity index is 184. The van der Waals surface area contributed by atoms with Crippen LogP contribution in [-0.4, -0.2) is 18.6 Å². The Kier molecular flexibility index (Phi) is 8.64.